The lowest BCUT2D eigenvalue weighted by atomic mass is 9.98. The Hall–Kier alpha value is -3.16. The Kier molecular flexibility index (Phi) is 5.21. The Bertz CT molecular complexity index is 1180. The van der Waals surface area contributed by atoms with Crippen molar-refractivity contribution in [2.45, 2.75) is 12.5 Å². The molecule has 2 aliphatic rings. The predicted molar refractivity (Wildman–Crippen MR) is 115 cm³/mol. The van der Waals surface area contributed by atoms with Crippen LogP contribution in [0.2, 0.25) is 0 Å². The molecule has 1 saturated heterocycles. The maximum Gasteiger partial charge on any atom is 0.290 e. The van der Waals surface area contributed by atoms with Gasteiger partial charge >= 0.3 is 0 Å². The van der Waals surface area contributed by atoms with Gasteiger partial charge in [0.25, 0.3) is 5.91 Å². The number of carbonyl (C=O) groups is 1. The molecule has 0 radical (unpaired) electrons. The molecule has 2 aromatic carbocycles. The highest BCUT2D eigenvalue weighted by Crippen LogP contribution is 2.38. The summed E-state index contributed by atoms with van der Waals surface area (Å²) in [6.07, 6.45) is 0.767. The number of amides is 1. The van der Waals surface area contributed by atoms with E-state index in [0.717, 1.165) is 39.3 Å². The maximum atomic E-state index is 13.4. The van der Waals surface area contributed by atoms with E-state index in [1.807, 2.05) is 6.07 Å². The Morgan fingerprint density at radius 3 is 2.61 bits per heavy atom. The van der Waals surface area contributed by atoms with E-state index >= 15 is 0 Å². The van der Waals surface area contributed by atoms with Crippen molar-refractivity contribution >= 4 is 16.9 Å². The summed E-state index contributed by atoms with van der Waals surface area (Å²) in [7, 11) is 0. The van der Waals surface area contributed by atoms with Gasteiger partial charge in [0.1, 0.15) is 11.3 Å². The molecule has 0 unspecified atom stereocenters. The van der Waals surface area contributed by atoms with Gasteiger partial charge in [-0.1, -0.05) is 24.3 Å². The summed E-state index contributed by atoms with van der Waals surface area (Å²) in [4.78, 5) is 30.7. The fraction of sp³-hybridized carbons (Fsp3) is 0.333. The Labute approximate surface area is 179 Å². The quantitative estimate of drug-likeness (QED) is 0.684. The van der Waals surface area contributed by atoms with Gasteiger partial charge in [0.05, 0.1) is 30.2 Å². The van der Waals surface area contributed by atoms with E-state index in [2.05, 4.69) is 4.90 Å². The van der Waals surface area contributed by atoms with Gasteiger partial charge in [-0.15, -0.1) is 0 Å². The molecule has 1 amide bonds. The van der Waals surface area contributed by atoms with Crippen LogP contribution >= 0.6 is 0 Å². The Balaban J connectivity index is 1.53. The van der Waals surface area contributed by atoms with Crippen molar-refractivity contribution in [3.8, 4) is 5.75 Å². The number of aromatic hydroxyl groups is 1. The van der Waals surface area contributed by atoms with Crippen LogP contribution in [0.5, 0.6) is 5.75 Å². The van der Waals surface area contributed by atoms with Crippen molar-refractivity contribution in [3.63, 3.8) is 0 Å². The number of nitrogens with zero attached hydrogens (tertiary/aromatic N) is 2. The van der Waals surface area contributed by atoms with E-state index in [-0.39, 0.29) is 22.8 Å². The molecule has 160 valence electrons. The van der Waals surface area contributed by atoms with E-state index in [4.69, 9.17) is 9.15 Å². The third-order valence-electron chi connectivity index (χ3n) is 6.04. The Morgan fingerprint density at radius 1 is 1.00 bits per heavy atom. The molecular weight excluding hydrogens is 396 g/mol. The Morgan fingerprint density at radius 2 is 1.81 bits per heavy atom. The molecule has 2 aliphatic heterocycles. The summed E-state index contributed by atoms with van der Waals surface area (Å²) in [5.74, 6) is -0.0894. The minimum atomic E-state index is -0.583. The van der Waals surface area contributed by atoms with Gasteiger partial charge in [-0.3, -0.25) is 14.5 Å². The number of rotatable bonds is 5. The predicted octanol–water partition coefficient (Wildman–Crippen LogP) is 2.77. The smallest absolute Gasteiger partial charge is 0.290 e. The van der Waals surface area contributed by atoms with Gasteiger partial charge in [0.2, 0.25) is 5.76 Å². The van der Waals surface area contributed by atoms with Gasteiger partial charge in [-0.2, -0.15) is 0 Å². The lowest BCUT2D eigenvalue weighted by Crippen LogP contribution is -2.38. The van der Waals surface area contributed by atoms with Gasteiger partial charge in [-0.05, 0) is 36.2 Å². The van der Waals surface area contributed by atoms with Crippen molar-refractivity contribution in [2.75, 3.05) is 39.4 Å². The SMILES string of the molecule is O=C1c2oc3ccccc3c(=O)c2[C@H](c2cccc(O)c2)N1CCCN1CCOCC1. The van der Waals surface area contributed by atoms with Crippen LogP contribution in [0, 0.1) is 0 Å². The summed E-state index contributed by atoms with van der Waals surface area (Å²) >= 11 is 0. The highest BCUT2D eigenvalue weighted by molar-refractivity contribution is 5.99. The fourth-order valence-corrected chi connectivity index (χ4v) is 4.53. The van der Waals surface area contributed by atoms with Crippen molar-refractivity contribution in [3.05, 3.63) is 75.6 Å². The zero-order valence-electron chi connectivity index (χ0n) is 17.1. The highest BCUT2D eigenvalue weighted by atomic mass is 16.5. The van der Waals surface area contributed by atoms with Crippen molar-refractivity contribution < 1.29 is 19.1 Å². The topological polar surface area (TPSA) is 83.2 Å². The number of para-hydroxylation sites is 1. The van der Waals surface area contributed by atoms with Crippen LogP contribution in [0.15, 0.2) is 57.7 Å². The van der Waals surface area contributed by atoms with Crippen LogP contribution in [0.25, 0.3) is 11.0 Å². The minimum Gasteiger partial charge on any atom is -0.508 e. The van der Waals surface area contributed by atoms with Crippen LogP contribution in [-0.2, 0) is 4.74 Å². The van der Waals surface area contributed by atoms with E-state index in [1.54, 1.807) is 47.4 Å². The average Bonchev–Trinajstić information content (AvgIpc) is 3.07. The van der Waals surface area contributed by atoms with Crippen LogP contribution < -0.4 is 5.43 Å². The van der Waals surface area contributed by atoms with Crippen LogP contribution in [0.3, 0.4) is 0 Å². The first-order valence-corrected chi connectivity index (χ1v) is 10.6. The molecule has 3 heterocycles. The van der Waals surface area contributed by atoms with Gasteiger partial charge in [-0.25, -0.2) is 0 Å². The summed E-state index contributed by atoms with van der Waals surface area (Å²) in [6.45, 7) is 4.55. The van der Waals surface area contributed by atoms with Crippen LogP contribution in [0.1, 0.15) is 34.1 Å². The number of fused-ring (bicyclic) bond motifs is 2. The number of hydrogen-bond acceptors (Lipinski definition) is 6. The lowest BCUT2D eigenvalue weighted by molar-refractivity contribution is 0.0353. The number of phenols is 1. The maximum absolute atomic E-state index is 13.4. The molecular formula is C24H24N2O5. The molecule has 7 heteroatoms. The van der Waals surface area contributed by atoms with Gasteiger partial charge < -0.3 is 19.2 Å². The first-order chi connectivity index (χ1) is 15.1. The zero-order valence-corrected chi connectivity index (χ0v) is 17.1. The monoisotopic (exact) mass is 420 g/mol. The summed E-state index contributed by atoms with van der Waals surface area (Å²) in [5.41, 5.74) is 1.25. The molecule has 7 nitrogen and oxygen atoms in total. The number of hydrogen-bond donors (Lipinski definition) is 1. The molecule has 1 fully saturated rings. The van der Waals surface area contributed by atoms with E-state index in [1.165, 1.54) is 0 Å². The molecule has 0 saturated carbocycles. The second-order valence-electron chi connectivity index (χ2n) is 7.97. The third kappa shape index (κ3) is 3.60. The molecule has 1 aromatic heterocycles. The lowest BCUT2D eigenvalue weighted by Gasteiger charge is -2.29. The summed E-state index contributed by atoms with van der Waals surface area (Å²) < 4.78 is 11.3. The third-order valence-corrected chi connectivity index (χ3v) is 6.04. The van der Waals surface area contributed by atoms with E-state index < -0.39 is 6.04 Å². The summed E-state index contributed by atoms with van der Waals surface area (Å²) in [6, 6.07) is 13.1. The highest BCUT2D eigenvalue weighted by Gasteiger charge is 2.42. The van der Waals surface area contributed by atoms with Crippen LogP contribution in [0.4, 0.5) is 0 Å². The molecule has 31 heavy (non-hydrogen) atoms. The zero-order chi connectivity index (χ0) is 21.4. The molecule has 0 bridgehead atoms. The van der Waals surface area contributed by atoms with Crippen molar-refractivity contribution in [1.82, 2.24) is 9.80 Å². The first-order valence-electron chi connectivity index (χ1n) is 10.6. The normalized spacial score (nSPS) is 19.2. The molecule has 0 aliphatic carbocycles. The van der Waals surface area contributed by atoms with E-state index in [9.17, 15) is 14.7 Å². The number of benzene rings is 2. The van der Waals surface area contributed by atoms with Crippen LogP contribution in [-0.4, -0.2) is 60.2 Å². The number of phenolic OH excluding ortho intramolecular Hbond substituents is 1. The second kappa shape index (κ2) is 8.17. The van der Waals surface area contributed by atoms with Crippen molar-refractivity contribution in [1.29, 1.82) is 0 Å². The average molecular weight is 420 g/mol. The molecule has 5 rings (SSSR count). The number of carbonyl (C=O) groups excluding carboxylic acids is 1. The van der Waals surface area contributed by atoms with Gasteiger partial charge in [0.15, 0.2) is 5.43 Å². The molecule has 3 aromatic rings. The standard InChI is InChI=1S/C24H24N2O5/c27-17-6-3-5-16(15-17)21-20-22(28)18-7-1-2-8-19(18)31-23(20)24(29)26(21)10-4-9-25-11-13-30-14-12-25/h1-3,5-8,15,21,27H,4,9-14H2/t21-/m0/s1. The number of ether oxygens (including phenoxy) is 1. The second-order valence-corrected chi connectivity index (χ2v) is 7.97. The first kappa shape index (κ1) is 19.8. The van der Waals surface area contributed by atoms with Crippen molar-refractivity contribution in [2.24, 2.45) is 0 Å². The van der Waals surface area contributed by atoms with Gasteiger partial charge in [0, 0.05) is 26.2 Å². The summed E-state index contributed by atoms with van der Waals surface area (Å²) in [5, 5.41) is 10.5. The molecule has 1 atom stereocenters. The van der Waals surface area contributed by atoms with E-state index in [0.29, 0.717) is 28.6 Å². The minimum absolute atomic E-state index is 0.0943. The largest absolute Gasteiger partial charge is 0.508 e. The molecule has 1 N–H and O–H groups in total. The fourth-order valence-electron chi connectivity index (χ4n) is 4.53. The number of morpholine rings is 1. The molecule has 0 spiro atoms.